The highest BCUT2D eigenvalue weighted by molar-refractivity contribution is 5.82. The summed E-state index contributed by atoms with van der Waals surface area (Å²) < 4.78 is 0. The van der Waals surface area contributed by atoms with Crippen molar-refractivity contribution >= 4 is 11.8 Å². The van der Waals surface area contributed by atoms with Crippen LogP contribution < -0.4 is 5.32 Å². The summed E-state index contributed by atoms with van der Waals surface area (Å²) in [5.41, 5.74) is -0.327. The molecule has 5 nitrogen and oxygen atoms in total. The lowest BCUT2D eigenvalue weighted by Crippen LogP contribution is -2.57. The smallest absolute Gasteiger partial charge is 0.237 e. The zero-order valence-corrected chi connectivity index (χ0v) is 15.2. The number of carbonyl (C=O) groups is 2. The van der Waals surface area contributed by atoms with Crippen molar-refractivity contribution in [2.24, 2.45) is 5.41 Å². The molecule has 5 heteroatoms. The Balaban J connectivity index is 1.79. The molecule has 1 aliphatic heterocycles. The molecule has 2 amide bonds. The Labute approximate surface area is 140 Å². The van der Waals surface area contributed by atoms with Crippen LogP contribution in [0, 0.1) is 5.41 Å². The van der Waals surface area contributed by atoms with Crippen molar-refractivity contribution in [3.63, 3.8) is 0 Å². The second-order valence-corrected chi connectivity index (χ2v) is 8.10. The van der Waals surface area contributed by atoms with Crippen molar-refractivity contribution in [2.45, 2.75) is 71.9 Å². The lowest BCUT2D eigenvalue weighted by molar-refractivity contribution is -0.142. The molecule has 1 atom stereocenters. The minimum Gasteiger partial charge on any atom is -0.352 e. The molecule has 132 valence electrons. The summed E-state index contributed by atoms with van der Waals surface area (Å²) in [6.45, 7) is 10.9. The van der Waals surface area contributed by atoms with Gasteiger partial charge in [-0.2, -0.15) is 0 Å². The van der Waals surface area contributed by atoms with E-state index in [9.17, 15) is 9.59 Å². The van der Waals surface area contributed by atoms with Gasteiger partial charge in [-0.3, -0.25) is 14.5 Å². The van der Waals surface area contributed by atoms with Gasteiger partial charge < -0.3 is 10.2 Å². The van der Waals surface area contributed by atoms with Crippen molar-refractivity contribution in [3.8, 4) is 0 Å². The Morgan fingerprint density at radius 3 is 2.09 bits per heavy atom. The Morgan fingerprint density at radius 2 is 1.57 bits per heavy atom. The van der Waals surface area contributed by atoms with E-state index >= 15 is 0 Å². The van der Waals surface area contributed by atoms with Crippen LogP contribution in [0.25, 0.3) is 0 Å². The van der Waals surface area contributed by atoms with Crippen LogP contribution in [0.3, 0.4) is 0 Å². The monoisotopic (exact) mass is 323 g/mol. The van der Waals surface area contributed by atoms with Gasteiger partial charge in [0.2, 0.25) is 11.8 Å². The molecule has 1 heterocycles. The summed E-state index contributed by atoms with van der Waals surface area (Å²) in [7, 11) is 0. The Hall–Kier alpha value is -1.10. The largest absolute Gasteiger partial charge is 0.352 e. The number of hydrogen-bond donors (Lipinski definition) is 1. The minimum atomic E-state index is -0.327. The summed E-state index contributed by atoms with van der Waals surface area (Å²) in [5.74, 6) is 0.351. The standard InChI is InChI=1S/C18H33N3O2/c1-14(16(22)19-15-8-6-5-7-9-15)20-10-12-21(13-11-20)17(23)18(2,3)4/h14-15H,5-13H2,1-4H3,(H,19,22). The molecule has 1 saturated heterocycles. The predicted octanol–water partition coefficient (Wildman–Crippen LogP) is 2.01. The maximum atomic E-state index is 12.5. The van der Waals surface area contributed by atoms with Crippen LogP contribution in [0.5, 0.6) is 0 Å². The van der Waals surface area contributed by atoms with E-state index in [2.05, 4.69) is 10.2 Å². The number of rotatable bonds is 3. The lowest BCUT2D eigenvalue weighted by atomic mass is 9.94. The topological polar surface area (TPSA) is 52.7 Å². The van der Waals surface area contributed by atoms with Crippen LogP contribution in [-0.2, 0) is 9.59 Å². The minimum absolute atomic E-state index is 0.108. The zero-order valence-electron chi connectivity index (χ0n) is 15.2. The molecule has 1 saturated carbocycles. The Bertz CT molecular complexity index is 416. The van der Waals surface area contributed by atoms with Gasteiger partial charge in [0.15, 0.2) is 0 Å². The molecule has 0 spiro atoms. The molecule has 0 aromatic heterocycles. The number of carbonyl (C=O) groups excluding carboxylic acids is 2. The van der Waals surface area contributed by atoms with Gasteiger partial charge in [-0.1, -0.05) is 40.0 Å². The van der Waals surface area contributed by atoms with Crippen LogP contribution >= 0.6 is 0 Å². The van der Waals surface area contributed by atoms with E-state index in [1.54, 1.807) is 0 Å². The van der Waals surface area contributed by atoms with Crippen molar-refractivity contribution < 1.29 is 9.59 Å². The van der Waals surface area contributed by atoms with E-state index in [0.29, 0.717) is 6.04 Å². The Kier molecular flexibility index (Phi) is 6.06. The number of amides is 2. The van der Waals surface area contributed by atoms with Gasteiger partial charge in [0.05, 0.1) is 6.04 Å². The molecule has 2 rings (SSSR count). The maximum absolute atomic E-state index is 12.5. The van der Waals surface area contributed by atoms with Crippen molar-refractivity contribution in [1.29, 1.82) is 0 Å². The van der Waals surface area contributed by atoms with Crippen LogP contribution in [-0.4, -0.2) is 59.9 Å². The van der Waals surface area contributed by atoms with E-state index in [0.717, 1.165) is 39.0 Å². The fourth-order valence-corrected chi connectivity index (χ4v) is 3.52. The molecule has 1 aliphatic carbocycles. The van der Waals surface area contributed by atoms with Crippen LogP contribution in [0.1, 0.15) is 59.8 Å². The summed E-state index contributed by atoms with van der Waals surface area (Å²) in [6.07, 6.45) is 5.99. The highest BCUT2D eigenvalue weighted by Crippen LogP contribution is 2.20. The van der Waals surface area contributed by atoms with E-state index in [1.165, 1.54) is 19.3 Å². The third-order valence-corrected chi connectivity index (χ3v) is 5.12. The van der Waals surface area contributed by atoms with Gasteiger partial charge >= 0.3 is 0 Å². The van der Waals surface area contributed by atoms with E-state index in [1.807, 2.05) is 32.6 Å². The first-order valence-electron chi connectivity index (χ1n) is 9.13. The average Bonchev–Trinajstić information content (AvgIpc) is 2.53. The second-order valence-electron chi connectivity index (χ2n) is 8.10. The zero-order chi connectivity index (χ0) is 17.0. The number of nitrogens with zero attached hydrogens (tertiary/aromatic N) is 2. The number of nitrogens with one attached hydrogen (secondary N) is 1. The summed E-state index contributed by atoms with van der Waals surface area (Å²) in [4.78, 5) is 28.9. The average molecular weight is 323 g/mol. The van der Waals surface area contributed by atoms with Crippen LogP contribution in [0.15, 0.2) is 0 Å². The van der Waals surface area contributed by atoms with E-state index < -0.39 is 0 Å². The van der Waals surface area contributed by atoms with Gasteiger partial charge in [-0.25, -0.2) is 0 Å². The molecule has 1 N–H and O–H groups in total. The third-order valence-electron chi connectivity index (χ3n) is 5.12. The highest BCUT2D eigenvalue weighted by atomic mass is 16.2. The molecule has 0 aromatic rings. The van der Waals surface area contributed by atoms with Crippen molar-refractivity contribution in [2.75, 3.05) is 26.2 Å². The predicted molar refractivity (Wildman–Crippen MR) is 92.1 cm³/mol. The first-order valence-corrected chi connectivity index (χ1v) is 9.13. The quantitative estimate of drug-likeness (QED) is 0.864. The van der Waals surface area contributed by atoms with Crippen molar-refractivity contribution in [3.05, 3.63) is 0 Å². The SMILES string of the molecule is CC(C(=O)NC1CCCCC1)N1CCN(C(=O)C(C)(C)C)CC1. The fourth-order valence-electron chi connectivity index (χ4n) is 3.52. The van der Waals surface area contributed by atoms with E-state index in [4.69, 9.17) is 0 Å². The molecular formula is C18H33N3O2. The molecular weight excluding hydrogens is 290 g/mol. The molecule has 23 heavy (non-hydrogen) atoms. The van der Waals surface area contributed by atoms with Gasteiger partial charge in [0.1, 0.15) is 0 Å². The fraction of sp³-hybridized carbons (Fsp3) is 0.889. The van der Waals surface area contributed by atoms with Gasteiger partial charge in [-0.05, 0) is 19.8 Å². The summed E-state index contributed by atoms with van der Waals surface area (Å²) in [6, 6.07) is 0.256. The van der Waals surface area contributed by atoms with Gasteiger partial charge in [0, 0.05) is 37.6 Å². The normalized spacial score (nSPS) is 22.7. The maximum Gasteiger partial charge on any atom is 0.237 e. The van der Waals surface area contributed by atoms with Gasteiger partial charge in [-0.15, -0.1) is 0 Å². The molecule has 0 aromatic carbocycles. The number of piperazine rings is 1. The van der Waals surface area contributed by atoms with Gasteiger partial charge in [0.25, 0.3) is 0 Å². The second kappa shape index (κ2) is 7.65. The molecule has 1 unspecified atom stereocenters. The number of hydrogen-bond acceptors (Lipinski definition) is 3. The highest BCUT2D eigenvalue weighted by Gasteiger charge is 2.32. The summed E-state index contributed by atoms with van der Waals surface area (Å²) in [5, 5.41) is 3.21. The van der Waals surface area contributed by atoms with E-state index in [-0.39, 0.29) is 23.3 Å². The first-order chi connectivity index (χ1) is 10.8. The summed E-state index contributed by atoms with van der Waals surface area (Å²) >= 11 is 0. The first kappa shape index (κ1) is 18.2. The van der Waals surface area contributed by atoms with Crippen LogP contribution in [0.4, 0.5) is 0 Å². The van der Waals surface area contributed by atoms with Crippen molar-refractivity contribution in [1.82, 2.24) is 15.1 Å². The molecule has 2 fully saturated rings. The molecule has 0 bridgehead atoms. The molecule has 2 aliphatic rings. The van der Waals surface area contributed by atoms with Crippen LogP contribution in [0.2, 0.25) is 0 Å². The Morgan fingerprint density at radius 1 is 1.00 bits per heavy atom. The third kappa shape index (κ3) is 4.93. The molecule has 0 radical (unpaired) electrons. The lowest BCUT2D eigenvalue weighted by Gasteiger charge is -2.40.